The molecule has 0 unspecified atom stereocenters. The van der Waals surface area contributed by atoms with E-state index in [1.807, 2.05) is 6.92 Å². The van der Waals surface area contributed by atoms with Crippen molar-refractivity contribution in [3.8, 4) is 0 Å². The molecule has 0 radical (unpaired) electrons. The second kappa shape index (κ2) is 6.87. The van der Waals surface area contributed by atoms with Crippen LogP contribution in [0, 0.1) is 5.92 Å². The molecular formula is C19H24O7. The number of rotatable bonds is 3. The molecule has 1 aliphatic carbocycles. The zero-order valence-electron chi connectivity index (χ0n) is 15.3. The van der Waals surface area contributed by atoms with Gasteiger partial charge in [0.05, 0.1) is 5.92 Å². The van der Waals surface area contributed by atoms with Gasteiger partial charge in [-0.05, 0) is 19.8 Å². The van der Waals surface area contributed by atoms with Crippen LogP contribution in [-0.2, 0) is 33.3 Å². The van der Waals surface area contributed by atoms with Crippen molar-refractivity contribution in [1.29, 1.82) is 0 Å². The topological polar surface area (TPSA) is 91.4 Å². The summed E-state index contributed by atoms with van der Waals surface area (Å²) < 4.78 is 22.2. The zero-order valence-corrected chi connectivity index (χ0v) is 15.3. The van der Waals surface area contributed by atoms with Gasteiger partial charge < -0.3 is 18.9 Å². The minimum Gasteiger partial charge on any atom is -0.463 e. The number of hydrogen-bond acceptors (Lipinski definition) is 7. The smallest absolute Gasteiger partial charge is 0.334 e. The van der Waals surface area contributed by atoms with Gasteiger partial charge in [-0.3, -0.25) is 9.59 Å². The van der Waals surface area contributed by atoms with Gasteiger partial charge in [0.25, 0.3) is 0 Å². The molecule has 3 rings (SSSR count). The highest BCUT2D eigenvalue weighted by Crippen LogP contribution is 2.50. The number of ether oxygens (including phenoxy) is 4. The quantitative estimate of drug-likeness (QED) is 0.248. The van der Waals surface area contributed by atoms with Crippen LogP contribution in [0.4, 0.5) is 0 Å². The highest BCUT2D eigenvalue weighted by atomic mass is 16.7. The maximum Gasteiger partial charge on any atom is 0.334 e. The molecule has 2 fully saturated rings. The summed E-state index contributed by atoms with van der Waals surface area (Å²) in [7, 11) is 0. The lowest BCUT2D eigenvalue weighted by molar-refractivity contribution is -0.151. The zero-order chi connectivity index (χ0) is 19.1. The van der Waals surface area contributed by atoms with E-state index in [4.69, 9.17) is 18.9 Å². The highest BCUT2D eigenvalue weighted by Gasteiger charge is 2.65. The van der Waals surface area contributed by atoms with Gasteiger partial charge in [0.1, 0.15) is 30.5 Å². The van der Waals surface area contributed by atoms with Gasteiger partial charge in [0.15, 0.2) is 0 Å². The van der Waals surface area contributed by atoms with E-state index in [0.717, 1.165) is 12.0 Å². The van der Waals surface area contributed by atoms with Gasteiger partial charge in [0.2, 0.25) is 0 Å². The maximum atomic E-state index is 12.1. The molecule has 7 heteroatoms. The Morgan fingerprint density at radius 2 is 2.08 bits per heavy atom. The Hall–Kier alpha value is -2.15. The fourth-order valence-corrected chi connectivity index (χ4v) is 3.90. The monoisotopic (exact) mass is 364 g/mol. The first-order valence-corrected chi connectivity index (χ1v) is 8.77. The first-order chi connectivity index (χ1) is 12.2. The predicted molar refractivity (Wildman–Crippen MR) is 89.9 cm³/mol. The van der Waals surface area contributed by atoms with Crippen LogP contribution in [0.5, 0.6) is 0 Å². The first kappa shape index (κ1) is 18.6. The van der Waals surface area contributed by atoms with E-state index < -0.39 is 47.7 Å². The molecule has 2 aliphatic heterocycles. The summed E-state index contributed by atoms with van der Waals surface area (Å²) in [6, 6.07) is 0. The van der Waals surface area contributed by atoms with Gasteiger partial charge in [-0.25, -0.2) is 4.79 Å². The first-order valence-electron chi connectivity index (χ1n) is 8.77. The van der Waals surface area contributed by atoms with Crippen LogP contribution < -0.4 is 0 Å². The third kappa shape index (κ3) is 3.53. The SMILES string of the molecule is C=C1C(=O)O[C@H]2C/C(C)=C/CC[C@@]3(COC(C)=O)O[C@@H]3[C@@H](OC(C)=O)[C@H]12. The number of allylic oxidation sites excluding steroid dienone is 1. The summed E-state index contributed by atoms with van der Waals surface area (Å²) in [5, 5.41) is 0. The summed E-state index contributed by atoms with van der Waals surface area (Å²) in [4.78, 5) is 35.1. The van der Waals surface area contributed by atoms with Gasteiger partial charge >= 0.3 is 17.9 Å². The van der Waals surface area contributed by atoms with E-state index in [0.29, 0.717) is 12.8 Å². The van der Waals surface area contributed by atoms with E-state index in [2.05, 4.69) is 12.7 Å². The lowest BCUT2D eigenvalue weighted by atomic mass is 9.81. The van der Waals surface area contributed by atoms with Crippen LogP contribution in [-0.4, -0.2) is 48.4 Å². The average molecular weight is 364 g/mol. The van der Waals surface area contributed by atoms with Crippen LogP contribution in [0.2, 0.25) is 0 Å². The molecule has 0 spiro atoms. The average Bonchev–Trinajstić information content (AvgIpc) is 3.18. The molecule has 5 atom stereocenters. The van der Waals surface area contributed by atoms with Crippen molar-refractivity contribution in [2.45, 2.75) is 63.9 Å². The van der Waals surface area contributed by atoms with Gasteiger partial charge in [-0.1, -0.05) is 18.2 Å². The molecular weight excluding hydrogens is 340 g/mol. The Bertz CT molecular complexity index is 679. The molecule has 3 aliphatic rings. The lowest BCUT2D eigenvalue weighted by Crippen LogP contribution is -2.41. The van der Waals surface area contributed by atoms with Gasteiger partial charge in [-0.2, -0.15) is 0 Å². The Morgan fingerprint density at radius 3 is 2.73 bits per heavy atom. The van der Waals surface area contributed by atoms with E-state index in [1.54, 1.807) is 0 Å². The molecule has 2 heterocycles. The maximum absolute atomic E-state index is 12.1. The Labute approximate surface area is 152 Å². The van der Waals surface area contributed by atoms with Crippen LogP contribution in [0.3, 0.4) is 0 Å². The van der Waals surface area contributed by atoms with E-state index in [9.17, 15) is 14.4 Å². The fourth-order valence-electron chi connectivity index (χ4n) is 3.90. The van der Waals surface area contributed by atoms with E-state index in [1.165, 1.54) is 13.8 Å². The Balaban J connectivity index is 1.95. The second-order valence-electron chi connectivity index (χ2n) is 7.25. The second-order valence-corrected chi connectivity index (χ2v) is 7.25. The Kier molecular flexibility index (Phi) is 4.92. The summed E-state index contributed by atoms with van der Waals surface area (Å²) in [5.74, 6) is -1.84. The van der Waals surface area contributed by atoms with Gasteiger partial charge in [-0.15, -0.1) is 0 Å². The summed E-state index contributed by atoms with van der Waals surface area (Å²) >= 11 is 0. The molecule has 0 N–H and O–H groups in total. The van der Waals surface area contributed by atoms with Crippen LogP contribution >= 0.6 is 0 Å². The number of epoxide rings is 1. The molecule has 7 nitrogen and oxygen atoms in total. The molecule has 0 bridgehead atoms. The molecule has 0 aromatic rings. The van der Waals surface area contributed by atoms with Crippen molar-refractivity contribution < 1.29 is 33.3 Å². The molecule has 0 amide bonds. The number of hydrogen-bond donors (Lipinski definition) is 0. The van der Waals surface area contributed by atoms with E-state index >= 15 is 0 Å². The van der Waals surface area contributed by atoms with Crippen molar-refractivity contribution in [2.75, 3.05) is 6.61 Å². The molecule has 26 heavy (non-hydrogen) atoms. The minimum atomic E-state index is -0.726. The van der Waals surface area contributed by atoms with E-state index in [-0.39, 0.29) is 12.2 Å². The molecule has 0 aromatic carbocycles. The number of carbonyl (C=O) groups is 3. The van der Waals surface area contributed by atoms with Crippen molar-refractivity contribution in [2.24, 2.45) is 5.92 Å². The van der Waals surface area contributed by atoms with Crippen LogP contribution in [0.15, 0.2) is 23.8 Å². The number of fused-ring (bicyclic) bond motifs is 2. The van der Waals surface area contributed by atoms with Crippen molar-refractivity contribution >= 4 is 17.9 Å². The third-order valence-electron chi connectivity index (χ3n) is 5.20. The number of esters is 3. The van der Waals surface area contributed by atoms with Crippen LogP contribution in [0.1, 0.15) is 40.0 Å². The summed E-state index contributed by atoms with van der Waals surface area (Å²) in [5.41, 5.74) is 0.633. The molecule has 142 valence electrons. The highest BCUT2D eigenvalue weighted by molar-refractivity contribution is 5.91. The summed E-state index contributed by atoms with van der Waals surface area (Å²) in [6.07, 6.45) is 2.34. The fraction of sp³-hybridized carbons (Fsp3) is 0.632. The largest absolute Gasteiger partial charge is 0.463 e. The Morgan fingerprint density at radius 1 is 1.35 bits per heavy atom. The standard InChI is InChI=1S/C19H24O7/c1-10-6-5-7-19(9-23-12(3)20)17(26-19)16(24-13(4)21)15-11(2)18(22)25-14(15)8-10/h6,14-17H,2,5,7-9H2,1,3-4H3/b10-6+/t14-,15+,16-,17+,19-/m0/s1. The van der Waals surface area contributed by atoms with Crippen molar-refractivity contribution in [3.63, 3.8) is 0 Å². The van der Waals surface area contributed by atoms with Crippen molar-refractivity contribution in [1.82, 2.24) is 0 Å². The molecule has 2 saturated heterocycles. The minimum absolute atomic E-state index is 0.0797. The molecule has 0 saturated carbocycles. The number of carbonyl (C=O) groups excluding carboxylic acids is 3. The van der Waals surface area contributed by atoms with Crippen LogP contribution in [0.25, 0.3) is 0 Å². The third-order valence-corrected chi connectivity index (χ3v) is 5.20. The van der Waals surface area contributed by atoms with Crippen molar-refractivity contribution in [3.05, 3.63) is 23.8 Å². The lowest BCUT2D eigenvalue weighted by Gasteiger charge is -2.28. The molecule has 0 aromatic heterocycles. The summed E-state index contributed by atoms with van der Waals surface area (Å²) in [6.45, 7) is 8.55. The normalized spacial score (nSPS) is 38.2. The predicted octanol–water partition coefficient (Wildman–Crippen LogP) is 1.85. The van der Waals surface area contributed by atoms with Gasteiger partial charge in [0, 0.05) is 25.8 Å².